The van der Waals surface area contributed by atoms with Gasteiger partial charge in [-0.1, -0.05) is 0 Å². The van der Waals surface area contributed by atoms with Crippen molar-refractivity contribution in [3.8, 4) is 0 Å². The fourth-order valence-corrected chi connectivity index (χ4v) is 2.78. The lowest BCUT2D eigenvalue weighted by molar-refractivity contribution is 0.0206. The minimum Gasteiger partial charge on any atom is -0.444 e. The molecule has 104 valence electrons. The van der Waals surface area contributed by atoms with E-state index in [4.69, 9.17) is 10.5 Å². The average Bonchev–Trinajstić information content (AvgIpc) is 2.86. The SMILES string of the molecule is CC(C)(C)OC(=O)N1CCCC1CC1(CN)CC1. The van der Waals surface area contributed by atoms with Gasteiger partial charge in [0.15, 0.2) is 0 Å². The van der Waals surface area contributed by atoms with Crippen molar-refractivity contribution in [2.45, 2.75) is 64.5 Å². The van der Waals surface area contributed by atoms with Crippen LogP contribution in [0.15, 0.2) is 0 Å². The topological polar surface area (TPSA) is 55.6 Å². The van der Waals surface area contributed by atoms with Crippen molar-refractivity contribution in [3.63, 3.8) is 0 Å². The van der Waals surface area contributed by atoms with Crippen molar-refractivity contribution in [3.05, 3.63) is 0 Å². The van der Waals surface area contributed by atoms with Crippen LogP contribution in [-0.2, 0) is 4.74 Å². The van der Waals surface area contributed by atoms with Crippen LogP contribution in [0.2, 0.25) is 0 Å². The van der Waals surface area contributed by atoms with E-state index in [9.17, 15) is 4.79 Å². The Labute approximate surface area is 110 Å². The molecule has 0 spiro atoms. The number of amides is 1. The molecule has 0 radical (unpaired) electrons. The summed E-state index contributed by atoms with van der Waals surface area (Å²) in [5.41, 5.74) is 5.76. The molecule has 18 heavy (non-hydrogen) atoms. The highest BCUT2D eigenvalue weighted by atomic mass is 16.6. The summed E-state index contributed by atoms with van der Waals surface area (Å²) in [6, 6.07) is 0.339. The van der Waals surface area contributed by atoms with Crippen LogP contribution >= 0.6 is 0 Å². The molecule has 1 aliphatic carbocycles. The van der Waals surface area contributed by atoms with Crippen molar-refractivity contribution < 1.29 is 9.53 Å². The number of likely N-dealkylation sites (tertiary alicyclic amines) is 1. The van der Waals surface area contributed by atoms with Gasteiger partial charge < -0.3 is 15.4 Å². The first kappa shape index (κ1) is 13.7. The third-order valence-electron chi connectivity index (χ3n) is 4.06. The van der Waals surface area contributed by atoms with Crippen LogP contribution in [0.25, 0.3) is 0 Å². The van der Waals surface area contributed by atoms with E-state index in [2.05, 4.69) is 0 Å². The van der Waals surface area contributed by atoms with Gasteiger partial charge in [0.1, 0.15) is 5.60 Å². The summed E-state index contributed by atoms with van der Waals surface area (Å²) in [7, 11) is 0. The fourth-order valence-electron chi connectivity index (χ4n) is 2.78. The van der Waals surface area contributed by atoms with E-state index in [1.165, 1.54) is 12.8 Å². The highest BCUT2D eigenvalue weighted by molar-refractivity contribution is 5.69. The van der Waals surface area contributed by atoms with Crippen molar-refractivity contribution in [1.82, 2.24) is 4.90 Å². The maximum Gasteiger partial charge on any atom is 0.410 e. The summed E-state index contributed by atoms with van der Waals surface area (Å²) in [6.07, 6.45) is 5.54. The first-order valence-electron chi connectivity index (χ1n) is 7.05. The molecule has 0 aromatic heterocycles. The van der Waals surface area contributed by atoms with Gasteiger partial charge in [0.05, 0.1) is 0 Å². The predicted octanol–water partition coefficient (Wildman–Crippen LogP) is 2.51. The summed E-state index contributed by atoms with van der Waals surface area (Å²) >= 11 is 0. The van der Waals surface area contributed by atoms with E-state index in [0.717, 1.165) is 32.4 Å². The molecule has 1 saturated heterocycles. The van der Waals surface area contributed by atoms with Gasteiger partial charge in [-0.05, 0) is 64.8 Å². The third-order valence-corrected chi connectivity index (χ3v) is 4.06. The van der Waals surface area contributed by atoms with Gasteiger partial charge in [0.2, 0.25) is 0 Å². The lowest BCUT2D eigenvalue weighted by atomic mass is 9.95. The molecule has 0 bridgehead atoms. The second-order valence-corrected chi connectivity index (χ2v) is 6.88. The van der Waals surface area contributed by atoms with E-state index in [1.807, 2.05) is 25.7 Å². The summed E-state index contributed by atoms with van der Waals surface area (Å²) in [5.74, 6) is 0. The minimum absolute atomic E-state index is 0.155. The summed E-state index contributed by atoms with van der Waals surface area (Å²) in [4.78, 5) is 14.1. The molecule has 1 atom stereocenters. The van der Waals surface area contributed by atoms with Crippen molar-refractivity contribution in [1.29, 1.82) is 0 Å². The fraction of sp³-hybridized carbons (Fsp3) is 0.929. The van der Waals surface area contributed by atoms with Crippen LogP contribution in [0.4, 0.5) is 4.79 Å². The highest BCUT2D eigenvalue weighted by Gasteiger charge is 2.45. The number of carbonyl (C=O) groups excluding carboxylic acids is 1. The van der Waals surface area contributed by atoms with Gasteiger partial charge in [0.25, 0.3) is 0 Å². The monoisotopic (exact) mass is 254 g/mol. The molecule has 2 fully saturated rings. The summed E-state index contributed by atoms with van der Waals surface area (Å²) in [6.45, 7) is 7.33. The molecule has 1 saturated carbocycles. The van der Waals surface area contributed by atoms with E-state index < -0.39 is 5.60 Å². The molecular formula is C14H26N2O2. The lowest BCUT2D eigenvalue weighted by Crippen LogP contribution is -2.41. The molecule has 2 N–H and O–H groups in total. The summed E-state index contributed by atoms with van der Waals surface area (Å²) < 4.78 is 5.48. The lowest BCUT2D eigenvalue weighted by Gasteiger charge is -2.30. The normalized spacial score (nSPS) is 26.2. The number of carbonyl (C=O) groups is 1. The number of nitrogens with two attached hydrogens (primary N) is 1. The predicted molar refractivity (Wildman–Crippen MR) is 71.3 cm³/mol. The number of nitrogens with zero attached hydrogens (tertiary/aromatic N) is 1. The third kappa shape index (κ3) is 3.16. The minimum atomic E-state index is -0.407. The van der Waals surface area contributed by atoms with Gasteiger partial charge in [-0.2, -0.15) is 0 Å². The Balaban J connectivity index is 1.93. The quantitative estimate of drug-likeness (QED) is 0.842. The zero-order valence-electron chi connectivity index (χ0n) is 11.9. The van der Waals surface area contributed by atoms with E-state index in [-0.39, 0.29) is 6.09 Å². The molecule has 0 aromatic carbocycles. The van der Waals surface area contributed by atoms with Crippen molar-refractivity contribution >= 4 is 6.09 Å². The zero-order valence-corrected chi connectivity index (χ0v) is 11.9. The standard InChI is InChI=1S/C14H26N2O2/c1-13(2,3)18-12(17)16-8-4-5-11(16)9-14(10-15)6-7-14/h11H,4-10,15H2,1-3H3. The molecule has 4 nitrogen and oxygen atoms in total. The molecular weight excluding hydrogens is 228 g/mol. The Bertz CT molecular complexity index is 318. The van der Waals surface area contributed by atoms with Crippen LogP contribution < -0.4 is 5.73 Å². The largest absolute Gasteiger partial charge is 0.444 e. The average molecular weight is 254 g/mol. The molecule has 1 unspecified atom stereocenters. The second-order valence-electron chi connectivity index (χ2n) is 6.88. The maximum atomic E-state index is 12.1. The summed E-state index contributed by atoms with van der Waals surface area (Å²) in [5, 5.41) is 0. The number of rotatable bonds is 3. The Kier molecular flexibility index (Phi) is 3.58. The number of hydrogen-bond donors (Lipinski definition) is 1. The zero-order chi connectivity index (χ0) is 13.4. The first-order chi connectivity index (χ1) is 8.35. The molecule has 0 aromatic rings. The van der Waals surface area contributed by atoms with E-state index in [1.54, 1.807) is 0 Å². The molecule has 1 amide bonds. The number of ether oxygens (including phenoxy) is 1. The van der Waals surface area contributed by atoms with E-state index >= 15 is 0 Å². The molecule has 2 rings (SSSR count). The molecule has 1 aliphatic heterocycles. The van der Waals surface area contributed by atoms with Gasteiger partial charge >= 0.3 is 6.09 Å². The van der Waals surface area contributed by atoms with Gasteiger partial charge in [-0.3, -0.25) is 0 Å². The first-order valence-corrected chi connectivity index (χ1v) is 7.05. The maximum absolute atomic E-state index is 12.1. The van der Waals surface area contributed by atoms with Crippen molar-refractivity contribution in [2.75, 3.05) is 13.1 Å². The Morgan fingerprint density at radius 2 is 2.11 bits per heavy atom. The Morgan fingerprint density at radius 1 is 1.44 bits per heavy atom. The Morgan fingerprint density at radius 3 is 2.61 bits per heavy atom. The van der Waals surface area contributed by atoms with Gasteiger partial charge in [0, 0.05) is 12.6 Å². The van der Waals surface area contributed by atoms with Crippen LogP contribution in [0.5, 0.6) is 0 Å². The highest BCUT2D eigenvalue weighted by Crippen LogP contribution is 2.50. The van der Waals surface area contributed by atoms with Crippen LogP contribution in [-0.4, -0.2) is 35.7 Å². The van der Waals surface area contributed by atoms with Gasteiger partial charge in [-0.25, -0.2) is 4.79 Å². The van der Waals surface area contributed by atoms with Crippen LogP contribution in [0.3, 0.4) is 0 Å². The van der Waals surface area contributed by atoms with Crippen LogP contribution in [0, 0.1) is 5.41 Å². The van der Waals surface area contributed by atoms with Gasteiger partial charge in [-0.15, -0.1) is 0 Å². The Hall–Kier alpha value is -0.770. The molecule has 2 aliphatic rings. The van der Waals surface area contributed by atoms with E-state index in [0.29, 0.717) is 11.5 Å². The van der Waals surface area contributed by atoms with Crippen molar-refractivity contribution in [2.24, 2.45) is 11.1 Å². The van der Waals surface area contributed by atoms with Crippen LogP contribution in [0.1, 0.15) is 52.9 Å². The second kappa shape index (κ2) is 4.72. The molecule has 1 heterocycles. The smallest absolute Gasteiger partial charge is 0.410 e. The number of hydrogen-bond acceptors (Lipinski definition) is 3. The molecule has 4 heteroatoms.